The van der Waals surface area contributed by atoms with E-state index in [-0.39, 0.29) is 17.7 Å². The van der Waals surface area contributed by atoms with E-state index in [1.165, 1.54) is 6.07 Å². The van der Waals surface area contributed by atoms with Crippen LogP contribution in [-0.2, 0) is 11.3 Å². The quantitative estimate of drug-likeness (QED) is 0.823. The number of nitrogens with zero attached hydrogens (tertiary/aromatic N) is 2. The molecule has 2 unspecified atom stereocenters. The van der Waals surface area contributed by atoms with E-state index in [0.717, 1.165) is 12.0 Å². The lowest BCUT2D eigenvalue weighted by atomic mass is 10.00. The average molecular weight is 314 g/mol. The summed E-state index contributed by atoms with van der Waals surface area (Å²) >= 11 is 0. The molecule has 0 fully saturated rings. The highest BCUT2D eigenvalue weighted by atomic mass is 16.5. The van der Waals surface area contributed by atoms with E-state index in [4.69, 9.17) is 9.47 Å². The van der Waals surface area contributed by atoms with Gasteiger partial charge in [-0.1, -0.05) is 44.2 Å². The molecule has 1 aliphatic rings. The molecule has 1 aromatic heterocycles. The third kappa shape index (κ3) is 3.79. The van der Waals surface area contributed by atoms with Gasteiger partial charge in [0, 0.05) is 12.3 Å². The van der Waals surface area contributed by atoms with Crippen molar-refractivity contribution in [1.29, 1.82) is 0 Å². The van der Waals surface area contributed by atoms with E-state index in [1.807, 2.05) is 22.8 Å². The fourth-order valence-corrected chi connectivity index (χ4v) is 2.86. The second kappa shape index (κ2) is 6.96. The Hall–Kier alpha value is -2.14. The second-order valence-electron chi connectivity index (χ2n) is 6.30. The third-order valence-corrected chi connectivity index (χ3v) is 3.98. The third-order valence-electron chi connectivity index (χ3n) is 3.98. The molecule has 5 nitrogen and oxygen atoms in total. The fourth-order valence-electron chi connectivity index (χ4n) is 2.86. The molecule has 2 atom stereocenters. The van der Waals surface area contributed by atoms with E-state index in [0.29, 0.717) is 25.1 Å². The van der Waals surface area contributed by atoms with Crippen LogP contribution in [-0.4, -0.2) is 22.3 Å². The Morgan fingerprint density at radius 1 is 1.30 bits per heavy atom. The average Bonchev–Trinajstić information content (AvgIpc) is 2.95. The molecule has 0 spiro atoms. The Morgan fingerprint density at radius 3 is 2.83 bits per heavy atom. The van der Waals surface area contributed by atoms with Gasteiger partial charge < -0.3 is 9.47 Å². The van der Waals surface area contributed by atoms with Crippen molar-refractivity contribution in [3.8, 4) is 6.01 Å². The first-order chi connectivity index (χ1) is 11.1. The van der Waals surface area contributed by atoms with Gasteiger partial charge in [0.2, 0.25) is 0 Å². The van der Waals surface area contributed by atoms with Gasteiger partial charge in [-0.2, -0.15) is 4.98 Å². The van der Waals surface area contributed by atoms with Gasteiger partial charge >= 0.3 is 0 Å². The number of hydrogen-bond donors (Lipinski definition) is 0. The second-order valence-corrected chi connectivity index (χ2v) is 6.30. The van der Waals surface area contributed by atoms with E-state index >= 15 is 0 Å². The molecule has 0 radical (unpaired) electrons. The Bertz CT molecular complexity index is 697. The van der Waals surface area contributed by atoms with Crippen molar-refractivity contribution >= 4 is 0 Å². The molecule has 0 amide bonds. The zero-order valence-electron chi connectivity index (χ0n) is 13.5. The van der Waals surface area contributed by atoms with Crippen molar-refractivity contribution in [2.24, 2.45) is 5.92 Å². The van der Waals surface area contributed by atoms with E-state index in [9.17, 15) is 4.79 Å². The van der Waals surface area contributed by atoms with Crippen LogP contribution in [0.15, 0.2) is 47.4 Å². The molecular formula is C18H22N2O3. The summed E-state index contributed by atoms with van der Waals surface area (Å²) in [5, 5.41) is 0. The standard InChI is InChI=1S/C18H22N2O3/c1-13(2)10-16(22-11-14-6-4-3-5-7-14)15-12-23-18-19-17(21)8-9-20(15)18/h3-9,13,15-16H,10-12H2,1-2H3. The summed E-state index contributed by atoms with van der Waals surface area (Å²) in [6.45, 7) is 5.42. The van der Waals surface area contributed by atoms with Crippen LogP contribution in [0.25, 0.3) is 0 Å². The van der Waals surface area contributed by atoms with Crippen LogP contribution >= 0.6 is 0 Å². The summed E-state index contributed by atoms with van der Waals surface area (Å²) in [6, 6.07) is 12.0. The lowest BCUT2D eigenvalue weighted by Crippen LogP contribution is -2.29. The zero-order chi connectivity index (χ0) is 16.2. The maximum atomic E-state index is 11.4. The van der Waals surface area contributed by atoms with Gasteiger partial charge in [0.1, 0.15) is 6.61 Å². The maximum absolute atomic E-state index is 11.4. The predicted molar refractivity (Wildman–Crippen MR) is 87.5 cm³/mol. The van der Waals surface area contributed by atoms with Crippen molar-refractivity contribution in [2.75, 3.05) is 6.61 Å². The molecule has 1 aliphatic heterocycles. The molecule has 0 aliphatic carbocycles. The number of benzene rings is 1. The molecule has 2 heterocycles. The van der Waals surface area contributed by atoms with Crippen LogP contribution in [0, 0.1) is 5.92 Å². The summed E-state index contributed by atoms with van der Waals surface area (Å²) in [6.07, 6.45) is 2.69. The monoisotopic (exact) mass is 314 g/mol. The number of rotatable bonds is 6. The molecule has 0 saturated carbocycles. The van der Waals surface area contributed by atoms with Crippen LogP contribution in [0.2, 0.25) is 0 Å². The summed E-state index contributed by atoms with van der Waals surface area (Å²) in [4.78, 5) is 15.3. The topological polar surface area (TPSA) is 53.4 Å². The minimum absolute atomic E-state index is 0.0146. The molecule has 0 N–H and O–H groups in total. The van der Waals surface area contributed by atoms with E-state index in [2.05, 4.69) is 31.0 Å². The highest BCUT2D eigenvalue weighted by Crippen LogP contribution is 2.30. The van der Waals surface area contributed by atoms with Crippen LogP contribution in [0.5, 0.6) is 6.01 Å². The molecular weight excluding hydrogens is 292 g/mol. The van der Waals surface area contributed by atoms with Crippen LogP contribution < -0.4 is 10.3 Å². The van der Waals surface area contributed by atoms with Crippen LogP contribution in [0.3, 0.4) is 0 Å². The van der Waals surface area contributed by atoms with Gasteiger partial charge in [-0.25, -0.2) is 0 Å². The van der Waals surface area contributed by atoms with Crippen molar-refractivity contribution in [1.82, 2.24) is 9.55 Å². The van der Waals surface area contributed by atoms with Gasteiger partial charge in [0.05, 0.1) is 18.8 Å². The molecule has 3 rings (SSSR count). The SMILES string of the molecule is CC(C)CC(OCc1ccccc1)C1COc2nc(=O)ccn21. The first kappa shape index (κ1) is 15.7. The van der Waals surface area contributed by atoms with Gasteiger partial charge in [0.25, 0.3) is 11.6 Å². The molecule has 0 saturated heterocycles. The molecule has 122 valence electrons. The smallest absolute Gasteiger partial charge is 0.300 e. The number of hydrogen-bond acceptors (Lipinski definition) is 4. The Morgan fingerprint density at radius 2 is 2.09 bits per heavy atom. The number of aromatic nitrogens is 2. The first-order valence-electron chi connectivity index (χ1n) is 8.01. The Labute approximate surface area is 135 Å². The summed E-state index contributed by atoms with van der Waals surface area (Å²) in [5.74, 6) is 0.507. The first-order valence-corrected chi connectivity index (χ1v) is 8.01. The highest BCUT2D eigenvalue weighted by Gasteiger charge is 2.32. The number of ether oxygens (including phenoxy) is 2. The van der Waals surface area contributed by atoms with Gasteiger partial charge in [0.15, 0.2) is 0 Å². The minimum atomic E-state index is -0.275. The van der Waals surface area contributed by atoms with Gasteiger partial charge in [-0.15, -0.1) is 0 Å². The maximum Gasteiger partial charge on any atom is 0.300 e. The Kier molecular flexibility index (Phi) is 4.76. The van der Waals surface area contributed by atoms with Crippen molar-refractivity contribution in [3.63, 3.8) is 0 Å². The van der Waals surface area contributed by atoms with E-state index < -0.39 is 0 Å². The van der Waals surface area contributed by atoms with E-state index in [1.54, 1.807) is 6.20 Å². The highest BCUT2D eigenvalue weighted by molar-refractivity contribution is 5.13. The van der Waals surface area contributed by atoms with Crippen LogP contribution in [0.4, 0.5) is 0 Å². The normalized spacial score (nSPS) is 17.8. The van der Waals surface area contributed by atoms with Crippen molar-refractivity contribution in [3.05, 3.63) is 58.5 Å². The lowest BCUT2D eigenvalue weighted by molar-refractivity contribution is -0.00789. The summed E-state index contributed by atoms with van der Waals surface area (Å²) < 4.78 is 13.7. The molecule has 0 bridgehead atoms. The molecule has 1 aromatic carbocycles. The molecule has 23 heavy (non-hydrogen) atoms. The largest absolute Gasteiger partial charge is 0.462 e. The lowest BCUT2D eigenvalue weighted by Gasteiger charge is -2.26. The molecule has 2 aromatic rings. The van der Waals surface area contributed by atoms with Crippen molar-refractivity contribution < 1.29 is 9.47 Å². The summed E-state index contributed by atoms with van der Waals surface area (Å²) in [7, 11) is 0. The fraction of sp³-hybridized carbons (Fsp3) is 0.444. The Balaban J connectivity index is 1.76. The number of fused-ring (bicyclic) bond motifs is 1. The predicted octanol–water partition coefficient (Wildman–Crippen LogP) is 2.81. The van der Waals surface area contributed by atoms with Gasteiger partial charge in [-0.05, 0) is 17.9 Å². The minimum Gasteiger partial charge on any atom is -0.462 e. The summed E-state index contributed by atoms with van der Waals surface area (Å²) in [5.41, 5.74) is 0.876. The zero-order valence-corrected chi connectivity index (χ0v) is 13.5. The molecule has 5 heteroatoms. The van der Waals surface area contributed by atoms with Crippen molar-refractivity contribution in [2.45, 2.75) is 39.0 Å². The van der Waals surface area contributed by atoms with Gasteiger partial charge in [-0.3, -0.25) is 9.36 Å². The van der Waals surface area contributed by atoms with Crippen LogP contribution in [0.1, 0.15) is 31.9 Å².